The topological polar surface area (TPSA) is 60.2 Å². The van der Waals surface area contributed by atoms with Crippen LogP contribution in [0.1, 0.15) is 41.1 Å². The highest BCUT2D eigenvalue weighted by atomic mass is 16.5. The lowest BCUT2D eigenvalue weighted by molar-refractivity contribution is 0.0684. The highest BCUT2D eigenvalue weighted by molar-refractivity contribution is 5.94. The minimum atomic E-state index is 0.119. The molecule has 1 aliphatic rings. The van der Waals surface area contributed by atoms with Gasteiger partial charge in [0.25, 0.3) is 5.91 Å². The molecule has 0 N–H and O–H groups in total. The number of hydrogen-bond donors (Lipinski definition) is 0. The number of aryl methyl sites for hydroxylation is 1. The minimum absolute atomic E-state index is 0.119. The van der Waals surface area contributed by atoms with Crippen LogP contribution >= 0.6 is 0 Å². The number of hydrogen-bond acceptors (Lipinski definition) is 4. The summed E-state index contributed by atoms with van der Waals surface area (Å²) < 4.78 is 7.47. The normalized spacial score (nSPS) is 15.5. The Morgan fingerprint density at radius 3 is 2.68 bits per heavy atom. The van der Waals surface area contributed by atoms with Crippen molar-refractivity contribution in [2.45, 2.75) is 39.3 Å². The smallest absolute Gasteiger partial charge is 0.253 e. The van der Waals surface area contributed by atoms with E-state index in [-0.39, 0.29) is 5.91 Å². The summed E-state index contributed by atoms with van der Waals surface area (Å²) in [5.41, 5.74) is 1.91. The monoisotopic (exact) mass is 342 g/mol. The van der Waals surface area contributed by atoms with Gasteiger partial charge in [0.15, 0.2) is 0 Å². The maximum atomic E-state index is 12.5. The molecule has 1 amide bonds. The van der Waals surface area contributed by atoms with Crippen LogP contribution in [0, 0.1) is 12.8 Å². The van der Waals surface area contributed by atoms with Crippen LogP contribution in [0.15, 0.2) is 30.7 Å². The Morgan fingerprint density at radius 1 is 1.28 bits per heavy atom. The van der Waals surface area contributed by atoms with Crippen molar-refractivity contribution in [3.05, 3.63) is 47.8 Å². The zero-order chi connectivity index (χ0) is 17.6. The average molecular weight is 342 g/mol. The molecule has 1 fully saturated rings. The first-order chi connectivity index (χ1) is 12.2. The maximum absolute atomic E-state index is 12.5. The Morgan fingerprint density at radius 2 is 2.00 bits per heavy atom. The Balaban J connectivity index is 1.50. The van der Waals surface area contributed by atoms with Crippen LogP contribution in [0.3, 0.4) is 0 Å². The second-order valence-electron chi connectivity index (χ2n) is 6.66. The molecule has 1 aliphatic heterocycles. The summed E-state index contributed by atoms with van der Waals surface area (Å²) in [4.78, 5) is 22.8. The number of carbonyl (C=O) groups excluding carboxylic acids is 1. The van der Waals surface area contributed by atoms with Gasteiger partial charge in [-0.3, -0.25) is 9.78 Å². The highest BCUT2D eigenvalue weighted by Crippen LogP contribution is 2.23. The molecule has 0 aliphatic carbocycles. The fourth-order valence-corrected chi connectivity index (χ4v) is 3.47. The van der Waals surface area contributed by atoms with Crippen LogP contribution in [0.5, 0.6) is 0 Å². The van der Waals surface area contributed by atoms with Crippen LogP contribution in [0.4, 0.5) is 0 Å². The molecule has 3 rings (SSSR count). The van der Waals surface area contributed by atoms with Crippen molar-refractivity contribution in [3.8, 4) is 0 Å². The summed E-state index contributed by atoms with van der Waals surface area (Å²) in [5, 5.41) is 0. The molecule has 2 aromatic rings. The Bertz CT molecular complexity index is 691. The van der Waals surface area contributed by atoms with Crippen molar-refractivity contribution >= 4 is 5.91 Å². The van der Waals surface area contributed by atoms with Crippen LogP contribution in [0.25, 0.3) is 0 Å². The summed E-state index contributed by atoms with van der Waals surface area (Å²) in [6.45, 7) is 5.27. The first-order valence-electron chi connectivity index (χ1n) is 8.88. The predicted octanol–water partition coefficient (Wildman–Crippen LogP) is 2.68. The molecule has 0 atom stereocenters. The van der Waals surface area contributed by atoms with Crippen LogP contribution in [0.2, 0.25) is 0 Å². The number of imidazole rings is 1. The Hall–Kier alpha value is -2.21. The number of aromatic nitrogens is 3. The van der Waals surface area contributed by atoms with Gasteiger partial charge < -0.3 is 14.2 Å². The third-order valence-electron chi connectivity index (χ3n) is 5.00. The number of rotatable bonds is 6. The van der Waals surface area contributed by atoms with E-state index >= 15 is 0 Å². The molecule has 0 spiro atoms. The van der Waals surface area contributed by atoms with Gasteiger partial charge in [-0.15, -0.1) is 0 Å². The molecule has 6 heteroatoms. The SMILES string of the molecule is COCc1ncc(C)n1CCC1CCN(C(=O)c2ccncc2)CC1. The number of methoxy groups -OCH3 is 1. The number of pyridine rings is 1. The van der Waals surface area contributed by atoms with Crippen molar-refractivity contribution in [2.24, 2.45) is 5.92 Å². The van der Waals surface area contributed by atoms with E-state index in [1.165, 1.54) is 5.69 Å². The van der Waals surface area contributed by atoms with E-state index in [9.17, 15) is 4.79 Å². The first-order valence-corrected chi connectivity index (χ1v) is 8.88. The van der Waals surface area contributed by atoms with E-state index in [1.54, 1.807) is 31.6 Å². The molecule has 6 nitrogen and oxygen atoms in total. The quantitative estimate of drug-likeness (QED) is 0.810. The van der Waals surface area contributed by atoms with Gasteiger partial charge in [0.1, 0.15) is 12.4 Å². The van der Waals surface area contributed by atoms with Crippen LogP contribution in [-0.2, 0) is 17.9 Å². The van der Waals surface area contributed by atoms with Crippen molar-refractivity contribution in [3.63, 3.8) is 0 Å². The van der Waals surface area contributed by atoms with Gasteiger partial charge in [0.2, 0.25) is 0 Å². The van der Waals surface area contributed by atoms with E-state index in [2.05, 4.69) is 21.5 Å². The van der Waals surface area contributed by atoms with Crippen molar-refractivity contribution in [1.82, 2.24) is 19.4 Å². The van der Waals surface area contributed by atoms with Crippen molar-refractivity contribution in [1.29, 1.82) is 0 Å². The maximum Gasteiger partial charge on any atom is 0.253 e. The van der Waals surface area contributed by atoms with Gasteiger partial charge in [-0.1, -0.05) is 0 Å². The summed E-state index contributed by atoms with van der Waals surface area (Å²) in [5.74, 6) is 1.76. The lowest BCUT2D eigenvalue weighted by Crippen LogP contribution is -2.38. The van der Waals surface area contributed by atoms with E-state index in [4.69, 9.17) is 4.74 Å². The molecule has 134 valence electrons. The van der Waals surface area contributed by atoms with E-state index in [1.807, 2.05) is 11.1 Å². The fourth-order valence-electron chi connectivity index (χ4n) is 3.47. The third-order valence-corrected chi connectivity index (χ3v) is 5.00. The number of likely N-dealkylation sites (tertiary alicyclic amines) is 1. The van der Waals surface area contributed by atoms with Gasteiger partial charge in [-0.2, -0.15) is 0 Å². The van der Waals surface area contributed by atoms with Gasteiger partial charge in [-0.25, -0.2) is 4.98 Å². The first kappa shape index (κ1) is 17.6. The van der Waals surface area contributed by atoms with E-state index in [0.717, 1.165) is 50.3 Å². The van der Waals surface area contributed by atoms with Gasteiger partial charge in [-0.05, 0) is 44.2 Å². The molecule has 0 unspecified atom stereocenters. The zero-order valence-corrected chi connectivity index (χ0v) is 15.0. The van der Waals surface area contributed by atoms with Gasteiger partial charge in [0.05, 0.1) is 0 Å². The number of carbonyl (C=O) groups is 1. The van der Waals surface area contributed by atoms with Crippen molar-refractivity contribution < 1.29 is 9.53 Å². The number of amides is 1. The van der Waals surface area contributed by atoms with E-state index in [0.29, 0.717) is 12.5 Å². The van der Waals surface area contributed by atoms with Gasteiger partial charge >= 0.3 is 0 Å². The molecule has 0 bridgehead atoms. The predicted molar refractivity (Wildman–Crippen MR) is 95.2 cm³/mol. The Labute approximate surface area is 148 Å². The lowest BCUT2D eigenvalue weighted by Gasteiger charge is -2.32. The summed E-state index contributed by atoms with van der Waals surface area (Å²) in [7, 11) is 1.70. The Kier molecular flexibility index (Phi) is 5.81. The average Bonchev–Trinajstić information content (AvgIpc) is 3.00. The second kappa shape index (κ2) is 8.25. The molecule has 2 aromatic heterocycles. The molecule has 25 heavy (non-hydrogen) atoms. The van der Waals surface area contributed by atoms with E-state index < -0.39 is 0 Å². The summed E-state index contributed by atoms with van der Waals surface area (Å²) in [6, 6.07) is 3.57. The minimum Gasteiger partial charge on any atom is -0.377 e. The molecular weight excluding hydrogens is 316 g/mol. The zero-order valence-electron chi connectivity index (χ0n) is 15.0. The molecule has 3 heterocycles. The largest absolute Gasteiger partial charge is 0.377 e. The third kappa shape index (κ3) is 4.25. The molecule has 0 saturated carbocycles. The molecular formula is C19H26N4O2. The number of ether oxygens (including phenoxy) is 1. The second-order valence-corrected chi connectivity index (χ2v) is 6.66. The standard InChI is InChI=1S/C19H26N4O2/c1-15-13-21-18(14-25-2)23(15)12-7-16-5-10-22(11-6-16)19(24)17-3-8-20-9-4-17/h3-4,8-9,13,16H,5-7,10-12,14H2,1-2H3. The summed E-state index contributed by atoms with van der Waals surface area (Å²) in [6.07, 6.45) is 8.49. The van der Waals surface area contributed by atoms with Gasteiger partial charge in [0, 0.05) is 56.6 Å². The molecule has 0 radical (unpaired) electrons. The van der Waals surface area contributed by atoms with Crippen LogP contribution < -0.4 is 0 Å². The number of nitrogens with zero attached hydrogens (tertiary/aromatic N) is 4. The summed E-state index contributed by atoms with van der Waals surface area (Å²) >= 11 is 0. The number of piperidine rings is 1. The van der Waals surface area contributed by atoms with Crippen LogP contribution in [-0.4, -0.2) is 45.5 Å². The van der Waals surface area contributed by atoms with Crippen molar-refractivity contribution in [2.75, 3.05) is 20.2 Å². The fraction of sp³-hybridized carbons (Fsp3) is 0.526. The lowest BCUT2D eigenvalue weighted by atomic mass is 9.93. The molecule has 1 saturated heterocycles. The highest BCUT2D eigenvalue weighted by Gasteiger charge is 2.23. The molecule has 0 aromatic carbocycles.